The van der Waals surface area contributed by atoms with Crippen LogP contribution in [-0.4, -0.2) is 56.8 Å². The van der Waals surface area contributed by atoms with E-state index in [0.717, 1.165) is 37.6 Å². The molecule has 1 aromatic heterocycles. The van der Waals surface area contributed by atoms with Gasteiger partial charge >= 0.3 is 0 Å². The zero-order chi connectivity index (χ0) is 15.1. The lowest BCUT2D eigenvalue weighted by Crippen LogP contribution is -2.39. The van der Waals surface area contributed by atoms with Gasteiger partial charge in [-0.1, -0.05) is 6.07 Å². The third-order valence-electron chi connectivity index (χ3n) is 3.66. The van der Waals surface area contributed by atoms with E-state index >= 15 is 0 Å². The zero-order valence-corrected chi connectivity index (χ0v) is 13.0. The van der Waals surface area contributed by atoms with Crippen molar-refractivity contribution in [2.75, 3.05) is 41.0 Å². The van der Waals surface area contributed by atoms with Crippen molar-refractivity contribution in [3.05, 3.63) is 23.9 Å². The zero-order valence-electron chi connectivity index (χ0n) is 13.0. The second-order valence-electron chi connectivity index (χ2n) is 5.17. The van der Waals surface area contributed by atoms with E-state index in [9.17, 15) is 0 Å². The molecular weight excluding hydrogens is 268 g/mol. The van der Waals surface area contributed by atoms with Crippen molar-refractivity contribution in [1.82, 2.24) is 15.2 Å². The second-order valence-corrected chi connectivity index (χ2v) is 5.17. The summed E-state index contributed by atoms with van der Waals surface area (Å²) in [7, 11) is 5.19. The lowest BCUT2D eigenvalue weighted by atomic mass is 10.1. The van der Waals surface area contributed by atoms with Crippen molar-refractivity contribution in [1.29, 1.82) is 0 Å². The topological polar surface area (TPSA) is 59.0 Å². The third kappa shape index (κ3) is 4.32. The first-order valence-electron chi connectivity index (χ1n) is 7.20. The molecule has 1 saturated heterocycles. The normalized spacial score (nSPS) is 18.9. The highest BCUT2D eigenvalue weighted by Crippen LogP contribution is 2.16. The molecule has 1 fully saturated rings. The minimum absolute atomic E-state index is 0.594. The Balaban J connectivity index is 1.85. The average Bonchev–Trinajstić information content (AvgIpc) is 2.97. The number of ether oxygens (including phenoxy) is 2. The summed E-state index contributed by atoms with van der Waals surface area (Å²) in [6, 6.07) is 3.87. The summed E-state index contributed by atoms with van der Waals surface area (Å²) in [6.45, 7) is 3.54. The van der Waals surface area contributed by atoms with E-state index in [1.807, 2.05) is 25.4 Å². The number of rotatable bonds is 5. The van der Waals surface area contributed by atoms with Crippen LogP contribution in [0.15, 0.2) is 23.3 Å². The molecule has 1 N–H and O–H groups in total. The lowest BCUT2D eigenvalue weighted by molar-refractivity contribution is 0.157. The number of methoxy groups -OCH3 is 2. The Hall–Kier alpha value is -1.82. The minimum Gasteiger partial charge on any atom is -0.481 e. The predicted octanol–water partition coefficient (Wildman–Crippen LogP) is 1.13. The molecule has 1 aliphatic heterocycles. The SMILES string of the molecule is CN=C(NCc1ccc(OC)nc1)N1CCC(COC)C1. The van der Waals surface area contributed by atoms with Crippen LogP contribution in [-0.2, 0) is 11.3 Å². The lowest BCUT2D eigenvalue weighted by Gasteiger charge is -2.21. The average molecular weight is 292 g/mol. The van der Waals surface area contributed by atoms with Gasteiger partial charge in [0, 0.05) is 52.0 Å². The monoisotopic (exact) mass is 292 g/mol. The molecule has 0 amide bonds. The maximum Gasteiger partial charge on any atom is 0.212 e. The first kappa shape index (κ1) is 15.6. The fourth-order valence-corrected chi connectivity index (χ4v) is 2.55. The molecular formula is C15H24N4O2. The Morgan fingerprint density at radius 3 is 2.95 bits per heavy atom. The fraction of sp³-hybridized carbons (Fsp3) is 0.600. The highest BCUT2D eigenvalue weighted by Gasteiger charge is 2.24. The number of hydrogen-bond donors (Lipinski definition) is 1. The van der Waals surface area contributed by atoms with Crippen molar-refractivity contribution in [2.45, 2.75) is 13.0 Å². The maximum atomic E-state index is 5.23. The number of likely N-dealkylation sites (tertiary alicyclic amines) is 1. The minimum atomic E-state index is 0.594. The van der Waals surface area contributed by atoms with Gasteiger partial charge in [-0.3, -0.25) is 4.99 Å². The maximum absolute atomic E-state index is 5.23. The first-order chi connectivity index (χ1) is 10.3. The highest BCUT2D eigenvalue weighted by molar-refractivity contribution is 5.80. The van der Waals surface area contributed by atoms with Crippen LogP contribution in [0.5, 0.6) is 5.88 Å². The van der Waals surface area contributed by atoms with E-state index in [-0.39, 0.29) is 0 Å². The Morgan fingerprint density at radius 2 is 2.33 bits per heavy atom. The number of hydrogen-bond acceptors (Lipinski definition) is 4. The molecule has 0 saturated carbocycles. The van der Waals surface area contributed by atoms with Crippen LogP contribution in [0.2, 0.25) is 0 Å². The smallest absolute Gasteiger partial charge is 0.212 e. The molecule has 1 atom stereocenters. The standard InChI is InChI=1S/C15H24N4O2/c1-16-15(19-7-6-13(10-19)11-20-2)18-9-12-4-5-14(21-3)17-8-12/h4-5,8,13H,6-7,9-11H2,1-3H3,(H,16,18). The summed E-state index contributed by atoms with van der Waals surface area (Å²) in [5, 5.41) is 3.38. The van der Waals surface area contributed by atoms with Crippen LogP contribution < -0.4 is 10.1 Å². The molecule has 0 radical (unpaired) electrons. The number of pyridine rings is 1. The Bertz CT molecular complexity index is 461. The summed E-state index contributed by atoms with van der Waals surface area (Å²) < 4.78 is 10.3. The van der Waals surface area contributed by atoms with Gasteiger partial charge in [0.25, 0.3) is 0 Å². The molecule has 6 heteroatoms. The fourth-order valence-electron chi connectivity index (χ4n) is 2.55. The number of guanidine groups is 1. The molecule has 2 rings (SSSR count). The molecule has 0 aromatic carbocycles. The quantitative estimate of drug-likeness (QED) is 0.651. The molecule has 21 heavy (non-hydrogen) atoms. The van der Waals surface area contributed by atoms with Gasteiger partial charge in [0.15, 0.2) is 5.96 Å². The summed E-state index contributed by atoms with van der Waals surface area (Å²) in [5.41, 5.74) is 1.10. The van der Waals surface area contributed by atoms with Crippen molar-refractivity contribution >= 4 is 5.96 Å². The van der Waals surface area contributed by atoms with Gasteiger partial charge in [0.1, 0.15) is 0 Å². The number of nitrogens with zero attached hydrogens (tertiary/aromatic N) is 3. The van der Waals surface area contributed by atoms with Crippen LogP contribution in [0.25, 0.3) is 0 Å². The Kier molecular flexibility index (Phi) is 5.80. The van der Waals surface area contributed by atoms with E-state index in [1.165, 1.54) is 0 Å². The van der Waals surface area contributed by atoms with Crippen molar-refractivity contribution in [3.8, 4) is 5.88 Å². The van der Waals surface area contributed by atoms with E-state index in [2.05, 4.69) is 20.2 Å². The summed E-state index contributed by atoms with van der Waals surface area (Å²) in [6.07, 6.45) is 2.97. The van der Waals surface area contributed by atoms with Gasteiger partial charge in [-0.15, -0.1) is 0 Å². The van der Waals surface area contributed by atoms with Gasteiger partial charge < -0.3 is 19.7 Å². The van der Waals surface area contributed by atoms with E-state index in [1.54, 1.807) is 14.2 Å². The number of aromatic nitrogens is 1. The van der Waals surface area contributed by atoms with E-state index < -0.39 is 0 Å². The Morgan fingerprint density at radius 1 is 1.48 bits per heavy atom. The van der Waals surface area contributed by atoms with Gasteiger partial charge in [-0.05, 0) is 12.0 Å². The van der Waals surface area contributed by atoms with E-state index in [0.29, 0.717) is 18.3 Å². The van der Waals surface area contributed by atoms with Crippen LogP contribution in [0, 0.1) is 5.92 Å². The molecule has 6 nitrogen and oxygen atoms in total. The molecule has 1 unspecified atom stereocenters. The molecule has 1 aromatic rings. The number of nitrogens with one attached hydrogen (secondary N) is 1. The highest BCUT2D eigenvalue weighted by atomic mass is 16.5. The predicted molar refractivity (Wildman–Crippen MR) is 82.5 cm³/mol. The van der Waals surface area contributed by atoms with E-state index in [4.69, 9.17) is 9.47 Å². The van der Waals surface area contributed by atoms with Gasteiger partial charge in [0.05, 0.1) is 13.7 Å². The van der Waals surface area contributed by atoms with Crippen LogP contribution in [0.1, 0.15) is 12.0 Å². The first-order valence-corrected chi connectivity index (χ1v) is 7.20. The number of aliphatic imine (C=N–C) groups is 1. The summed E-state index contributed by atoms with van der Waals surface area (Å²) >= 11 is 0. The summed E-state index contributed by atoms with van der Waals surface area (Å²) in [5.74, 6) is 2.16. The van der Waals surface area contributed by atoms with Crippen LogP contribution in [0.3, 0.4) is 0 Å². The molecule has 0 aliphatic carbocycles. The van der Waals surface area contributed by atoms with Gasteiger partial charge in [-0.2, -0.15) is 0 Å². The Labute approximate surface area is 126 Å². The molecule has 0 spiro atoms. The van der Waals surface area contributed by atoms with Crippen molar-refractivity contribution in [2.24, 2.45) is 10.9 Å². The molecule has 1 aliphatic rings. The third-order valence-corrected chi connectivity index (χ3v) is 3.66. The van der Waals surface area contributed by atoms with Crippen molar-refractivity contribution in [3.63, 3.8) is 0 Å². The molecule has 116 valence electrons. The second kappa shape index (κ2) is 7.83. The van der Waals surface area contributed by atoms with Gasteiger partial charge in [-0.25, -0.2) is 4.98 Å². The van der Waals surface area contributed by atoms with Gasteiger partial charge in [0.2, 0.25) is 5.88 Å². The van der Waals surface area contributed by atoms with Crippen molar-refractivity contribution < 1.29 is 9.47 Å². The largest absolute Gasteiger partial charge is 0.481 e. The molecule has 0 bridgehead atoms. The van der Waals surface area contributed by atoms with Crippen LogP contribution >= 0.6 is 0 Å². The molecule has 2 heterocycles. The van der Waals surface area contributed by atoms with Crippen LogP contribution in [0.4, 0.5) is 0 Å². The summed E-state index contributed by atoms with van der Waals surface area (Å²) in [4.78, 5) is 10.8.